The summed E-state index contributed by atoms with van der Waals surface area (Å²) in [6.07, 6.45) is 0. The first-order valence-electron chi connectivity index (χ1n) is 10.4. The number of rotatable bonds is 5. The highest BCUT2D eigenvalue weighted by atomic mass is 35.5. The van der Waals surface area contributed by atoms with E-state index in [2.05, 4.69) is 91.0 Å². The monoisotopic (exact) mass is 447 g/mol. The molecule has 3 aromatic carbocycles. The van der Waals surface area contributed by atoms with Gasteiger partial charge in [0.25, 0.3) is 0 Å². The van der Waals surface area contributed by atoms with Gasteiger partial charge in [-0.15, -0.1) is 10.2 Å². The van der Waals surface area contributed by atoms with Gasteiger partial charge in [0.1, 0.15) is 0 Å². The zero-order chi connectivity index (χ0) is 22.0. The number of benzene rings is 3. The standard InChI is InChI=1S/C26H26ClN3S/c1-18(19-8-6-5-7-9-19)31-25-29-28-24(30(25)23-16-14-22(27)15-17-23)20-10-12-21(13-11-20)26(2,3)4/h5-18H,1-4H3. The van der Waals surface area contributed by atoms with Gasteiger partial charge in [0.15, 0.2) is 11.0 Å². The van der Waals surface area contributed by atoms with Gasteiger partial charge in [-0.25, -0.2) is 0 Å². The van der Waals surface area contributed by atoms with Gasteiger partial charge in [-0.3, -0.25) is 4.57 Å². The summed E-state index contributed by atoms with van der Waals surface area (Å²) in [4.78, 5) is 0. The number of thioether (sulfide) groups is 1. The maximum Gasteiger partial charge on any atom is 0.196 e. The molecule has 1 atom stereocenters. The lowest BCUT2D eigenvalue weighted by Gasteiger charge is -2.19. The Labute approximate surface area is 193 Å². The van der Waals surface area contributed by atoms with Crippen molar-refractivity contribution >= 4 is 23.4 Å². The van der Waals surface area contributed by atoms with Crippen LogP contribution in [0.4, 0.5) is 0 Å². The second-order valence-electron chi connectivity index (χ2n) is 8.62. The van der Waals surface area contributed by atoms with Crippen LogP contribution in [0.3, 0.4) is 0 Å². The molecule has 0 aliphatic rings. The van der Waals surface area contributed by atoms with E-state index in [0.717, 1.165) is 22.2 Å². The quantitative estimate of drug-likeness (QED) is 0.293. The van der Waals surface area contributed by atoms with E-state index < -0.39 is 0 Å². The third kappa shape index (κ3) is 4.86. The summed E-state index contributed by atoms with van der Waals surface area (Å²) in [6.45, 7) is 8.85. The highest BCUT2D eigenvalue weighted by molar-refractivity contribution is 7.99. The minimum atomic E-state index is 0.106. The summed E-state index contributed by atoms with van der Waals surface area (Å²) in [7, 11) is 0. The molecule has 4 rings (SSSR count). The molecule has 0 amide bonds. The average molecular weight is 448 g/mol. The van der Waals surface area contributed by atoms with Crippen molar-refractivity contribution in [2.45, 2.75) is 43.5 Å². The smallest absolute Gasteiger partial charge is 0.196 e. The van der Waals surface area contributed by atoms with Gasteiger partial charge in [-0.1, -0.05) is 98.7 Å². The Morgan fingerprint density at radius 1 is 0.839 bits per heavy atom. The lowest BCUT2D eigenvalue weighted by Crippen LogP contribution is -2.10. The molecule has 1 aromatic heterocycles. The van der Waals surface area contributed by atoms with Crippen molar-refractivity contribution in [1.29, 1.82) is 0 Å². The minimum absolute atomic E-state index is 0.106. The molecule has 0 aliphatic carbocycles. The number of halogens is 1. The second kappa shape index (κ2) is 8.89. The molecular weight excluding hydrogens is 422 g/mol. The molecular formula is C26H26ClN3S. The number of nitrogens with zero attached hydrogens (tertiary/aromatic N) is 3. The van der Waals surface area contributed by atoms with Crippen molar-refractivity contribution in [3.8, 4) is 17.1 Å². The number of hydrogen-bond donors (Lipinski definition) is 0. The Hall–Kier alpha value is -2.56. The van der Waals surface area contributed by atoms with Crippen molar-refractivity contribution in [1.82, 2.24) is 14.8 Å². The Kier molecular flexibility index (Phi) is 6.22. The number of aromatic nitrogens is 3. The summed E-state index contributed by atoms with van der Waals surface area (Å²) in [6, 6.07) is 26.9. The van der Waals surface area contributed by atoms with Crippen LogP contribution in [-0.4, -0.2) is 14.8 Å². The van der Waals surface area contributed by atoms with E-state index in [1.807, 2.05) is 30.3 Å². The Balaban J connectivity index is 1.76. The van der Waals surface area contributed by atoms with Crippen molar-refractivity contribution in [2.75, 3.05) is 0 Å². The molecule has 0 N–H and O–H groups in total. The molecule has 0 bridgehead atoms. The summed E-state index contributed by atoms with van der Waals surface area (Å²) >= 11 is 7.85. The molecule has 3 nitrogen and oxygen atoms in total. The highest BCUT2D eigenvalue weighted by Crippen LogP contribution is 2.37. The summed E-state index contributed by atoms with van der Waals surface area (Å²) in [5.74, 6) is 0.825. The molecule has 158 valence electrons. The predicted octanol–water partition coefficient (Wildman–Crippen LogP) is 7.74. The van der Waals surface area contributed by atoms with Crippen molar-refractivity contribution in [3.63, 3.8) is 0 Å². The SMILES string of the molecule is CC(Sc1nnc(-c2ccc(C(C)(C)C)cc2)n1-c1ccc(Cl)cc1)c1ccccc1. The second-order valence-corrected chi connectivity index (χ2v) is 10.4. The Morgan fingerprint density at radius 2 is 1.48 bits per heavy atom. The minimum Gasteiger partial charge on any atom is -0.270 e. The van der Waals surface area contributed by atoms with E-state index in [0.29, 0.717) is 5.02 Å². The molecule has 1 unspecified atom stereocenters. The third-order valence-electron chi connectivity index (χ3n) is 5.28. The van der Waals surface area contributed by atoms with E-state index in [1.165, 1.54) is 11.1 Å². The maximum atomic E-state index is 6.15. The van der Waals surface area contributed by atoms with Crippen LogP contribution in [-0.2, 0) is 5.41 Å². The van der Waals surface area contributed by atoms with Gasteiger partial charge in [0.05, 0.1) is 0 Å². The van der Waals surface area contributed by atoms with Crippen molar-refractivity contribution < 1.29 is 0 Å². The fraction of sp³-hybridized carbons (Fsp3) is 0.231. The fourth-order valence-electron chi connectivity index (χ4n) is 3.43. The molecule has 1 heterocycles. The molecule has 5 heteroatoms. The molecule has 0 fully saturated rings. The molecule has 0 saturated carbocycles. The van der Waals surface area contributed by atoms with Crippen molar-refractivity contribution in [2.24, 2.45) is 0 Å². The summed E-state index contributed by atoms with van der Waals surface area (Å²) < 4.78 is 2.12. The van der Waals surface area contributed by atoms with E-state index in [-0.39, 0.29) is 10.7 Å². The normalized spacial score (nSPS) is 12.7. The third-order valence-corrected chi connectivity index (χ3v) is 6.63. The Morgan fingerprint density at radius 3 is 2.10 bits per heavy atom. The van der Waals surface area contributed by atoms with Crippen LogP contribution < -0.4 is 0 Å². The first-order chi connectivity index (χ1) is 14.8. The van der Waals surface area contributed by atoms with Crippen LogP contribution in [0, 0.1) is 0 Å². The molecule has 0 spiro atoms. The first kappa shape index (κ1) is 21.7. The predicted molar refractivity (Wildman–Crippen MR) is 131 cm³/mol. The zero-order valence-electron chi connectivity index (χ0n) is 18.2. The van der Waals surface area contributed by atoms with Crippen LogP contribution >= 0.6 is 23.4 Å². The van der Waals surface area contributed by atoms with Crippen LogP contribution in [0.15, 0.2) is 84.0 Å². The van der Waals surface area contributed by atoms with E-state index in [1.54, 1.807) is 11.8 Å². The molecule has 0 saturated heterocycles. The summed E-state index contributed by atoms with van der Waals surface area (Å²) in [5, 5.41) is 11.0. The van der Waals surface area contributed by atoms with Crippen LogP contribution in [0.1, 0.15) is 44.1 Å². The lowest BCUT2D eigenvalue weighted by molar-refractivity contribution is 0.590. The number of hydrogen-bond acceptors (Lipinski definition) is 3. The van der Waals surface area contributed by atoms with E-state index in [9.17, 15) is 0 Å². The van der Waals surface area contributed by atoms with Crippen molar-refractivity contribution in [3.05, 3.63) is 95.0 Å². The van der Waals surface area contributed by atoms with Crippen LogP contribution in [0.2, 0.25) is 5.02 Å². The van der Waals surface area contributed by atoms with Gasteiger partial charge >= 0.3 is 0 Å². The van der Waals surface area contributed by atoms with Gasteiger partial charge in [0.2, 0.25) is 0 Å². The topological polar surface area (TPSA) is 30.7 Å². The highest BCUT2D eigenvalue weighted by Gasteiger charge is 2.20. The molecule has 0 aliphatic heterocycles. The van der Waals surface area contributed by atoms with Gasteiger partial charge in [0, 0.05) is 21.5 Å². The fourth-order valence-corrected chi connectivity index (χ4v) is 4.55. The molecule has 31 heavy (non-hydrogen) atoms. The molecule has 4 aromatic rings. The zero-order valence-corrected chi connectivity index (χ0v) is 19.8. The maximum absolute atomic E-state index is 6.15. The molecule has 0 radical (unpaired) electrons. The largest absolute Gasteiger partial charge is 0.270 e. The first-order valence-corrected chi connectivity index (χ1v) is 11.6. The van der Waals surface area contributed by atoms with Gasteiger partial charge in [-0.05, 0) is 47.7 Å². The summed E-state index contributed by atoms with van der Waals surface area (Å²) in [5.41, 5.74) is 4.69. The van der Waals surface area contributed by atoms with Crippen LogP contribution in [0.5, 0.6) is 0 Å². The van der Waals surface area contributed by atoms with Gasteiger partial charge < -0.3 is 0 Å². The van der Waals surface area contributed by atoms with Crippen LogP contribution in [0.25, 0.3) is 17.1 Å². The average Bonchev–Trinajstić information content (AvgIpc) is 3.18. The van der Waals surface area contributed by atoms with E-state index in [4.69, 9.17) is 11.6 Å². The Bertz CT molecular complexity index is 1140. The van der Waals surface area contributed by atoms with E-state index >= 15 is 0 Å². The lowest BCUT2D eigenvalue weighted by atomic mass is 9.87. The van der Waals surface area contributed by atoms with Gasteiger partial charge in [-0.2, -0.15) is 0 Å².